The third-order valence-electron chi connectivity index (χ3n) is 5.62. The highest BCUT2D eigenvalue weighted by Crippen LogP contribution is 2.39. The number of thioether (sulfide) groups is 1. The Morgan fingerprint density at radius 2 is 1.85 bits per heavy atom. The summed E-state index contributed by atoms with van der Waals surface area (Å²) in [5.74, 6) is -0.741. The Bertz CT molecular complexity index is 1280. The van der Waals surface area contributed by atoms with Crippen LogP contribution < -0.4 is 5.32 Å². The highest BCUT2D eigenvalue weighted by Gasteiger charge is 2.35. The molecule has 7 nitrogen and oxygen atoms in total. The molecule has 9 heteroatoms. The van der Waals surface area contributed by atoms with E-state index in [1.54, 1.807) is 10.8 Å². The molecule has 1 aliphatic carbocycles. The summed E-state index contributed by atoms with van der Waals surface area (Å²) in [5.41, 5.74) is 2.72. The second-order valence-electron chi connectivity index (χ2n) is 8.12. The van der Waals surface area contributed by atoms with Gasteiger partial charge in [-0.3, -0.25) is 19.3 Å². The van der Waals surface area contributed by atoms with Gasteiger partial charge >= 0.3 is 0 Å². The van der Waals surface area contributed by atoms with E-state index in [0.29, 0.717) is 17.2 Å². The van der Waals surface area contributed by atoms with E-state index in [1.807, 2.05) is 36.4 Å². The number of aromatic nitrogens is 2. The fraction of sp³-hybridized carbons (Fsp3) is 0.200. The number of para-hydroxylation sites is 1. The van der Waals surface area contributed by atoms with Crippen LogP contribution in [0, 0.1) is 5.82 Å². The van der Waals surface area contributed by atoms with Crippen LogP contribution in [-0.4, -0.2) is 44.8 Å². The molecule has 172 valence electrons. The molecular formula is C25H21FN4O3S. The van der Waals surface area contributed by atoms with Crippen LogP contribution in [0.2, 0.25) is 0 Å². The molecule has 1 saturated carbocycles. The first-order valence-corrected chi connectivity index (χ1v) is 11.8. The van der Waals surface area contributed by atoms with E-state index in [-0.39, 0.29) is 29.7 Å². The molecule has 3 amide bonds. The summed E-state index contributed by atoms with van der Waals surface area (Å²) in [6, 6.07) is 16.9. The fourth-order valence-electron chi connectivity index (χ4n) is 3.68. The van der Waals surface area contributed by atoms with Gasteiger partial charge in [-0.05, 0) is 66.6 Å². The van der Waals surface area contributed by atoms with E-state index in [1.165, 1.54) is 24.3 Å². The predicted octanol–water partition coefficient (Wildman–Crippen LogP) is 4.36. The Balaban J connectivity index is 1.25. The van der Waals surface area contributed by atoms with Gasteiger partial charge in [0.05, 0.1) is 16.3 Å². The van der Waals surface area contributed by atoms with Gasteiger partial charge in [0.1, 0.15) is 11.5 Å². The van der Waals surface area contributed by atoms with Crippen LogP contribution in [0.25, 0.3) is 11.8 Å². The maximum atomic E-state index is 13.1. The topological polar surface area (TPSA) is 84.3 Å². The van der Waals surface area contributed by atoms with Crippen LogP contribution in [0.3, 0.4) is 0 Å². The average Bonchev–Trinajstić information content (AvgIpc) is 3.54. The molecule has 2 heterocycles. The predicted molar refractivity (Wildman–Crippen MR) is 127 cm³/mol. The van der Waals surface area contributed by atoms with Crippen molar-refractivity contribution in [2.45, 2.75) is 18.8 Å². The third-order valence-corrected chi connectivity index (χ3v) is 6.53. The number of carbonyl (C=O) groups is 3. The van der Waals surface area contributed by atoms with E-state index >= 15 is 0 Å². The second-order valence-corrected chi connectivity index (χ2v) is 9.11. The van der Waals surface area contributed by atoms with Gasteiger partial charge < -0.3 is 5.32 Å². The number of halogens is 1. The van der Waals surface area contributed by atoms with Crippen LogP contribution in [0.4, 0.5) is 9.18 Å². The van der Waals surface area contributed by atoms with Crippen molar-refractivity contribution in [3.63, 3.8) is 0 Å². The molecule has 0 spiro atoms. The minimum atomic E-state index is -0.432. The van der Waals surface area contributed by atoms with Crippen molar-refractivity contribution in [2.24, 2.45) is 0 Å². The van der Waals surface area contributed by atoms with E-state index < -0.39 is 11.1 Å². The van der Waals surface area contributed by atoms with Gasteiger partial charge in [-0.25, -0.2) is 9.07 Å². The van der Waals surface area contributed by atoms with Crippen LogP contribution in [0.1, 0.15) is 40.5 Å². The molecule has 0 bridgehead atoms. The lowest BCUT2D eigenvalue weighted by atomic mass is 10.2. The smallest absolute Gasteiger partial charge is 0.293 e. The number of rotatable bonds is 7. The number of hydrogen-bond acceptors (Lipinski definition) is 5. The standard InChI is InChI=1S/C25H21FN4O3S/c26-18-10-6-16(7-11-18)14-22-24(32)29(25(33)34-22)13-12-27-23(31)21-15-20(17-8-9-17)28-30(21)19-4-2-1-3-5-19/h1-7,10-11,14-15,17H,8-9,12-13H2,(H,27,31)/b22-14-. The van der Waals surface area contributed by atoms with E-state index in [0.717, 1.165) is 40.9 Å². The van der Waals surface area contributed by atoms with Gasteiger partial charge in [0, 0.05) is 19.0 Å². The van der Waals surface area contributed by atoms with Crippen molar-refractivity contribution >= 4 is 34.9 Å². The maximum Gasteiger partial charge on any atom is 0.293 e. The number of hydrogen-bond donors (Lipinski definition) is 1. The molecule has 2 aliphatic rings. The van der Waals surface area contributed by atoms with Gasteiger partial charge in [-0.15, -0.1) is 0 Å². The van der Waals surface area contributed by atoms with Crippen LogP contribution in [-0.2, 0) is 4.79 Å². The minimum absolute atomic E-state index is 0.0477. The lowest BCUT2D eigenvalue weighted by Crippen LogP contribution is -2.37. The van der Waals surface area contributed by atoms with Crippen molar-refractivity contribution in [1.82, 2.24) is 20.0 Å². The fourth-order valence-corrected chi connectivity index (χ4v) is 4.55. The zero-order chi connectivity index (χ0) is 23.7. The van der Waals surface area contributed by atoms with Crippen molar-refractivity contribution in [3.8, 4) is 5.69 Å². The normalized spacial score (nSPS) is 17.0. The molecule has 0 radical (unpaired) electrons. The molecule has 5 rings (SSSR count). The van der Waals surface area contributed by atoms with Crippen molar-refractivity contribution in [1.29, 1.82) is 0 Å². The maximum absolute atomic E-state index is 13.1. The zero-order valence-electron chi connectivity index (χ0n) is 18.1. The van der Waals surface area contributed by atoms with E-state index in [9.17, 15) is 18.8 Å². The van der Waals surface area contributed by atoms with Gasteiger partial charge in [0.25, 0.3) is 17.1 Å². The molecular weight excluding hydrogens is 455 g/mol. The lowest BCUT2D eigenvalue weighted by molar-refractivity contribution is -0.122. The first-order valence-electron chi connectivity index (χ1n) is 10.9. The number of carbonyl (C=O) groups excluding carboxylic acids is 3. The third kappa shape index (κ3) is 4.65. The molecule has 1 aliphatic heterocycles. The Morgan fingerprint density at radius 1 is 1.12 bits per heavy atom. The summed E-state index contributed by atoms with van der Waals surface area (Å²) in [6.45, 7) is 0.158. The molecule has 34 heavy (non-hydrogen) atoms. The number of amides is 3. The van der Waals surface area contributed by atoms with E-state index in [2.05, 4.69) is 10.4 Å². The van der Waals surface area contributed by atoms with Crippen LogP contribution in [0.5, 0.6) is 0 Å². The largest absolute Gasteiger partial charge is 0.349 e. The van der Waals surface area contributed by atoms with Gasteiger partial charge in [0.2, 0.25) is 0 Å². The number of benzene rings is 2. The summed E-state index contributed by atoms with van der Waals surface area (Å²) in [6.07, 6.45) is 3.69. The van der Waals surface area contributed by atoms with Crippen LogP contribution in [0.15, 0.2) is 65.6 Å². The molecule has 2 fully saturated rings. The molecule has 3 aromatic rings. The average molecular weight is 477 g/mol. The summed E-state index contributed by atoms with van der Waals surface area (Å²) in [5, 5.41) is 7.03. The lowest BCUT2D eigenvalue weighted by Gasteiger charge is -2.13. The monoisotopic (exact) mass is 476 g/mol. The van der Waals surface area contributed by atoms with Crippen molar-refractivity contribution in [3.05, 3.63) is 88.3 Å². The molecule has 0 unspecified atom stereocenters. The highest BCUT2D eigenvalue weighted by molar-refractivity contribution is 8.18. The quantitative estimate of drug-likeness (QED) is 0.513. The molecule has 1 N–H and O–H groups in total. The zero-order valence-corrected chi connectivity index (χ0v) is 18.9. The Hall–Kier alpha value is -3.72. The summed E-state index contributed by atoms with van der Waals surface area (Å²) in [4.78, 5) is 39.3. The summed E-state index contributed by atoms with van der Waals surface area (Å²) >= 11 is 0.827. The van der Waals surface area contributed by atoms with Crippen LogP contribution >= 0.6 is 11.8 Å². The second kappa shape index (κ2) is 9.26. The first kappa shape index (κ1) is 22.1. The minimum Gasteiger partial charge on any atom is -0.349 e. The molecule has 2 aromatic carbocycles. The van der Waals surface area contributed by atoms with Gasteiger partial charge in [-0.2, -0.15) is 5.10 Å². The molecule has 1 saturated heterocycles. The summed E-state index contributed by atoms with van der Waals surface area (Å²) in [7, 11) is 0. The van der Waals surface area contributed by atoms with Gasteiger partial charge in [-0.1, -0.05) is 30.3 Å². The first-order chi connectivity index (χ1) is 16.5. The van der Waals surface area contributed by atoms with Crippen molar-refractivity contribution < 1.29 is 18.8 Å². The SMILES string of the molecule is O=C(NCCN1C(=O)S/C(=C\c2ccc(F)cc2)C1=O)c1cc(C2CC2)nn1-c1ccccc1. The van der Waals surface area contributed by atoms with E-state index in [4.69, 9.17) is 0 Å². The molecule has 0 atom stereocenters. The Morgan fingerprint density at radius 3 is 2.56 bits per heavy atom. The van der Waals surface area contributed by atoms with Gasteiger partial charge in [0.15, 0.2) is 0 Å². The number of imide groups is 1. The highest BCUT2D eigenvalue weighted by atomic mass is 32.2. The summed E-state index contributed by atoms with van der Waals surface area (Å²) < 4.78 is 14.7. The Labute approximate surface area is 199 Å². The Kier molecular flexibility index (Phi) is 6.02. The van der Waals surface area contributed by atoms with Crippen molar-refractivity contribution in [2.75, 3.05) is 13.1 Å². The number of nitrogens with one attached hydrogen (secondary N) is 1. The molecule has 1 aromatic heterocycles. The number of nitrogens with zero attached hydrogens (tertiary/aromatic N) is 3.